The van der Waals surface area contributed by atoms with E-state index in [1.165, 1.54) is 0 Å². The van der Waals surface area contributed by atoms with Gasteiger partial charge in [-0.3, -0.25) is 9.59 Å². The van der Waals surface area contributed by atoms with Crippen molar-refractivity contribution in [3.8, 4) is 0 Å². The molecule has 0 radical (unpaired) electrons. The lowest BCUT2D eigenvalue weighted by Crippen LogP contribution is -2.23. The number of halogens is 1. The lowest BCUT2D eigenvalue weighted by Gasteiger charge is -2.10. The minimum absolute atomic E-state index is 0. The number of benzene rings is 1. The molecule has 118 valence electrons. The first-order valence-corrected chi connectivity index (χ1v) is 6.76. The zero-order valence-electron chi connectivity index (χ0n) is 12.8. The Morgan fingerprint density at radius 1 is 1.14 bits per heavy atom. The molecule has 0 unspecified atom stereocenters. The van der Waals surface area contributed by atoms with Crippen molar-refractivity contribution in [1.29, 1.82) is 0 Å². The third kappa shape index (κ3) is 7.68. The summed E-state index contributed by atoms with van der Waals surface area (Å²) in [7, 11) is 5.34. The fourth-order valence-corrected chi connectivity index (χ4v) is 1.69. The number of rotatable bonds is 7. The van der Waals surface area contributed by atoms with E-state index in [1.54, 1.807) is 19.0 Å². The largest absolute Gasteiger partial charge is 0.349 e. The predicted molar refractivity (Wildman–Crippen MR) is 87.9 cm³/mol. The molecule has 0 saturated carbocycles. The van der Waals surface area contributed by atoms with Gasteiger partial charge < -0.3 is 15.5 Å². The number of carbonyl (C=O) groups is 2. The summed E-state index contributed by atoms with van der Waals surface area (Å²) in [5, 5.41) is 5.85. The Bertz CT molecular complexity index is 447. The topological polar surface area (TPSA) is 61.4 Å². The quantitative estimate of drug-likeness (QED) is 0.753. The Kier molecular flexibility index (Phi) is 9.41. The summed E-state index contributed by atoms with van der Waals surface area (Å²) < 4.78 is 0. The molecule has 2 amide bonds. The summed E-state index contributed by atoms with van der Waals surface area (Å²) in [5.74, 6) is 0.0752. The number of hydrogen-bond donors (Lipinski definition) is 2. The van der Waals surface area contributed by atoms with Gasteiger partial charge in [-0.25, -0.2) is 0 Å². The van der Waals surface area contributed by atoms with Crippen LogP contribution in [0, 0.1) is 0 Å². The van der Waals surface area contributed by atoms with Crippen LogP contribution in [0.3, 0.4) is 0 Å². The lowest BCUT2D eigenvalue weighted by molar-refractivity contribution is -0.128. The van der Waals surface area contributed by atoms with Crippen molar-refractivity contribution in [3.63, 3.8) is 0 Å². The first-order valence-electron chi connectivity index (χ1n) is 6.76. The number of nitrogens with one attached hydrogen (secondary N) is 2. The van der Waals surface area contributed by atoms with Crippen LogP contribution in [0.2, 0.25) is 0 Å². The van der Waals surface area contributed by atoms with Crippen LogP contribution in [-0.2, 0) is 16.0 Å². The van der Waals surface area contributed by atoms with E-state index in [0.717, 1.165) is 24.2 Å². The van der Waals surface area contributed by atoms with Crippen molar-refractivity contribution >= 4 is 29.9 Å². The molecule has 0 aliphatic heterocycles. The van der Waals surface area contributed by atoms with Gasteiger partial charge in [0.25, 0.3) is 0 Å². The summed E-state index contributed by atoms with van der Waals surface area (Å²) >= 11 is 0. The van der Waals surface area contributed by atoms with E-state index in [0.29, 0.717) is 12.8 Å². The maximum atomic E-state index is 11.6. The third-order valence-corrected chi connectivity index (χ3v) is 2.92. The molecule has 0 aromatic heterocycles. The minimum atomic E-state index is 0. The monoisotopic (exact) mass is 313 g/mol. The normalized spacial score (nSPS) is 9.67. The average molecular weight is 314 g/mol. The predicted octanol–water partition coefficient (Wildman–Crippen LogP) is 1.68. The second-order valence-electron chi connectivity index (χ2n) is 4.92. The molecule has 0 fully saturated rings. The number of nitrogens with zero attached hydrogens (tertiary/aromatic N) is 1. The minimum Gasteiger partial charge on any atom is -0.349 e. The lowest BCUT2D eigenvalue weighted by atomic mass is 10.1. The summed E-state index contributed by atoms with van der Waals surface area (Å²) in [6, 6.07) is 7.39. The molecule has 0 saturated heterocycles. The molecule has 0 atom stereocenters. The molecule has 6 heteroatoms. The van der Waals surface area contributed by atoms with Crippen LogP contribution in [0.25, 0.3) is 0 Å². The Morgan fingerprint density at radius 3 is 2.29 bits per heavy atom. The zero-order chi connectivity index (χ0) is 15.0. The Morgan fingerprint density at radius 2 is 1.76 bits per heavy atom. The molecule has 0 aliphatic carbocycles. The molecule has 0 aliphatic rings. The van der Waals surface area contributed by atoms with Crippen molar-refractivity contribution in [2.24, 2.45) is 0 Å². The van der Waals surface area contributed by atoms with E-state index in [4.69, 9.17) is 0 Å². The van der Waals surface area contributed by atoms with Crippen LogP contribution in [0.1, 0.15) is 18.4 Å². The highest BCUT2D eigenvalue weighted by molar-refractivity contribution is 5.90. The van der Waals surface area contributed by atoms with Crippen LogP contribution in [0.15, 0.2) is 24.3 Å². The average Bonchev–Trinajstić information content (AvgIpc) is 2.41. The highest BCUT2D eigenvalue weighted by atomic mass is 35.5. The molecule has 5 nitrogen and oxygen atoms in total. The summed E-state index contributed by atoms with van der Waals surface area (Å²) in [6.45, 7) is 0.832. The number of likely N-dealkylation sites (N-methyl/N-ethyl adjacent to an activating group) is 1. The highest BCUT2D eigenvalue weighted by Gasteiger charge is 2.06. The van der Waals surface area contributed by atoms with Gasteiger partial charge in [0, 0.05) is 26.2 Å². The summed E-state index contributed by atoms with van der Waals surface area (Å²) in [5.41, 5.74) is 1.71. The first kappa shape index (κ1) is 19.4. The van der Waals surface area contributed by atoms with Crippen LogP contribution < -0.4 is 10.6 Å². The van der Waals surface area contributed by atoms with E-state index in [-0.39, 0.29) is 24.2 Å². The highest BCUT2D eigenvalue weighted by Crippen LogP contribution is 2.11. The van der Waals surface area contributed by atoms with E-state index < -0.39 is 0 Å². The number of hydrogen-bond acceptors (Lipinski definition) is 3. The van der Waals surface area contributed by atoms with Crippen LogP contribution in [0.4, 0.5) is 5.69 Å². The van der Waals surface area contributed by atoms with Gasteiger partial charge in [0.2, 0.25) is 11.8 Å². The molecule has 0 heterocycles. The van der Waals surface area contributed by atoms with Gasteiger partial charge in [-0.2, -0.15) is 0 Å². The van der Waals surface area contributed by atoms with Gasteiger partial charge in [-0.1, -0.05) is 12.1 Å². The molecule has 0 spiro atoms. The maximum Gasteiger partial charge on any atom is 0.226 e. The smallest absolute Gasteiger partial charge is 0.226 e. The molecule has 2 N–H and O–H groups in total. The van der Waals surface area contributed by atoms with Crippen LogP contribution in [0.5, 0.6) is 0 Å². The molecule has 1 aromatic rings. The van der Waals surface area contributed by atoms with Crippen LogP contribution in [-0.4, -0.2) is 44.4 Å². The third-order valence-electron chi connectivity index (χ3n) is 2.92. The molecular weight excluding hydrogens is 290 g/mol. The second-order valence-corrected chi connectivity index (χ2v) is 4.92. The molecular formula is C15H24ClN3O2. The molecule has 21 heavy (non-hydrogen) atoms. The fourth-order valence-electron chi connectivity index (χ4n) is 1.69. The fraction of sp³-hybridized carbons (Fsp3) is 0.467. The van der Waals surface area contributed by atoms with E-state index in [1.807, 2.05) is 31.3 Å². The van der Waals surface area contributed by atoms with Crippen molar-refractivity contribution < 1.29 is 9.59 Å². The zero-order valence-corrected chi connectivity index (χ0v) is 13.6. The van der Waals surface area contributed by atoms with Crippen molar-refractivity contribution in [2.75, 3.05) is 33.0 Å². The molecule has 1 aromatic carbocycles. The Labute approximate surface area is 132 Å². The standard InChI is InChI=1S/C15H23N3O2.ClH/c1-16-10-4-5-14(19)17-13-8-6-12(7-9-13)11-15(20)18(2)3;/h6-9,16H,4-5,10-11H2,1-3H3,(H,17,19);1H. The Balaban J connectivity index is 0.00000400. The van der Waals surface area contributed by atoms with Crippen molar-refractivity contribution in [1.82, 2.24) is 10.2 Å². The van der Waals surface area contributed by atoms with Gasteiger partial charge in [0.05, 0.1) is 6.42 Å². The van der Waals surface area contributed by atoms with E-state index in [2.05, 4.69) is 10.6 Å². The van der Waals surface area contributed by atoms with Gasteiger partial charge in [-0.05, 0) is 37.7 Å². The molecule has 0 bridgehead atoms. The molecule has 1 rings (SSSR count). The second kappa shape index (κ2) is 10.2. The van der Waals surface area contributed by atoms with Gasteiger partial charge in [0.15, 0.2) is 0 Å². The van der Waals surface area contributed by atoms with Gasteiger partial charge in [0.1, 0.15) is 0 Å². The number of amides is 2. The van der Waals surface area contributed by atoms with E-state index in [9.17, 15) is 9.59 Å². The summed E-state index contributed by atoms with van der Waals surface area (Å²) in [4.78, 5) is 24.8. The Hall–Kier alpha value is -1.59. The van der Waals surface area contributed by atoms with Crippen molar-refractivity contribution in [3.05, 3.63) is 29.8 Å². The van der Waals surface area contributed by atoms with Crippen LogP contribution >= 0.6 is 12.4 Å². The van der Waals surface area contributed by atoms with Gasteiger partial charge in [-0.15, -0.1) is 12.4 Å². The number of anilines is 1. The number of carbonyl (C=O) groups excluding carboxylic acids is 2. The SMILES string of the molecule is CNCCCC(=O)Nc1ccc(CC(=O)N(C)C)cc1.Cl. The maximum absolute atomic E-state index is 11.6. The first-order chi connectivity index (χ1) is 9.52. The van der Waals surface area contributed by atoms with Crippen molar-refractivity contribution in [2.45, 2.75) is 19.3 Å². The summed E-state index contributed by atoms with van der Waals surface area (Å²) in [6.07, 6.45) is 1.70. The van der Waals surface area contributed by atoms with Gasteiger partial charge >= 0.3 is 0 Å². The van der Waals surface area contributed by atoms with E-state index >= 15 is 0 Å².